The van der Waals surface area contributed by atoms with Crippen molar-refractivity contribution >= 4 is 11.3 Å². The van der Waals surface area contributed by atoms with Crippen LogP contribution >= 0.6 is 11.3 Å². The molecule has 0 aliphatic heterocycles. The lowest BCUT2D eigenvalue weighted by atomic mass is 10.0. The van der Waals surface area contributed by atoms with Crippen LogP contribution < -0.4 is 28.5 Å². The third-order valence-electron chi connectivity index (χ3n) is 5.37. The zero-order chi connectivity index (χ0) is 19.3. The minimum absolute atomic E-state index is 0. The SMILES string of the molecule is CCCCCCCCCCCCCCCCCCOCCC[n+]1ccsc1.[I-]. The summed E-state index contributed by atoms with van der Waals surface area (Å²) >= 11 is 1.75. The van der Waals surface area contributed by atoms with E-state index in [1.165, 1.54) is 103 Å². The molecule has 0 N–H and O–H groups in total. The average molecular weight is 524 g/mol. The largest absolute Gasteiger partial charge is 1.00 e. The predicted octanol–water partition coefficient (Wildman–Crippen LogP) is 4.71. The van der Waals surface area contributed by atoms with Crippen molar-refractivity contribution in [1.29, 1.82) is 0 Å². The number of nitrogens with zero attached hydrogens (tertiary/aromatic N) is 1. The molecule has 0 aliphatic rings. The van der Waals surface area contributed by atoms with Gasteiger partial charge in [-0.15, -0.1) is 0 Å². The second kappa shape index (κ2) is 23.6. The Kier molecular flexibility index (Phi) is 23.9. The summed E-state index contributed by atoms with van der Waals surface area (Å²) in [6.07, 6.45) is 26.1. The van der Waals surface area contributed by atoms with Crippen molar-refractivity contribution in [3.63, 3.8) is 0 Å². The number of rotatable bonds is 21. The molecular weight excluding hydrogens is 477 g/mol. The van der Waals surface area contributed by atoms with E-state index in [4.69, 9.17) is 4.74 Å². The highest BCUT2D eigenvalue weighted by molar-refractivity contribution is 7.07. The van der Waals surface area contributed by atoms with Crippen LogP contribution in [0.3, 0.4) is 0 Å². The Morgan fingerprint density at radius 2 is 1.11 bits per heavy atom. The fourth-order valence-corrected chi connectivity index (χ4v) is 4.22. The first-order valence-corrected chi connectivity index (χ1v) is 12.9. The molecule has 0 atom stereocenters. The van der Waals surface area contributed by atoms with E-state index in [0.29, 0.717) is 0 Å². The molecule has 0 radical (unpaired) electrons. The summed E-state index contributed by atoms with van der Waals surface area (Å²) in [7, 11) is 0. The molecule has 0 aliphatic carbocycles. The second-order valence-corrected chi connectivity index (χ2v) is 8.79. The maximum absolute atomic E-state index is 5.74. The van der Waals surface area contributed by atoms with Crippen molar-refractivity contribution in [3.05, 3.63) is 17.1 Å². The van der Waals surface area contributed by atoms with Gasteiger partial charge >= 0.3 is 0 Å². The zero-order valence-corrected chi connectivity index (χ0v) is 21.5. The molecule has 0 fully saturated rings. The fraction of sp³-hybridized carbons (Fsp3) is 0.875. The highest BCUT2D eigenvalue weighted by atomic mass is 127. The minimum atomic E-state index is 0. The third kappa shape index (κ3) is 19.6. The zero-order valence-electron chi connectivity index (χ0n) is 18.5. The van der Waals surface area contributed by atoms with Crippen LogP contribution in [0.4, 0.5) is 0 Å². The van der Waals surface area contributed by atoms with Crippen molar-refractivity contribution in [1.82, 2.24) is 0 Å². The van der Waals surface area contributed by atoms with Gasteiger partial charge in [0.1, 0.15) is 0 Å². The average Bonchev–Trinajstić information content (AvgIpc) is 3.20. The van der Waals surface area contributed by atoms with Crippen molar-refractivity contribution in [3.8, 4) is 0 Å². The van der Waals surface area contributed by atoms with Gasteiger partial charge in [-0.05, 0) is 6.42 Å². The highest BCUT2D eigenvalue weighted by Gasteiger charge is 1.99. The quantitative estimate of drug-likeness (QED) is 0.129. The second-order valence-electron chi connectivity index (χ2n) is 8.03. The van der Waals surface area contributed by atoms with Crippen LogP contribution in [0, 0.1) is 0 Å². The number of aryl methyl sites for hydroxylation is 1. The summed E-state index contributed by atoms with van der Waals surface area (Å²) in [5, 5.41) is 2.12. The number of hydrogen-bond donors (Lipinski definition) is 0. The molecular formula is C24H46INOS. The van der Waals surface area contributed by atoms with Crippen molar-refractivity contribution in [2.45, 2.75) is 123 Å². The van der Waals surface area contributed by atoms with Crippen LogP contribution in [-0.4, -0.2) is 13.2 Å². The van der Waals surface area contributed by atoms with Crippen LogP contribution in [0.5, 0.6) is 0 Å². The molecule has 1 aromatic heterocycles. The lowest BCUT2D eigenvalue weighted by Gasteiger charge is -2.04. The van der Waals surface area contributed by atoms with Gasteiger partial charge < -0.3 is 28.7 Å². The first kappa shape index (κ1) is 28.3. The molecule has 166 valence electrons. The summed E-state index contributed by atoms with van der Waals surface area (Å²) in [4.78, 5) is 0. The summed E-state index contributed by atoms with van der Waals surface area (Å²) in [5.74, 6) is 0. The first-order chi connectivity index (χ1) is 13.4. The first-order valence-electron chi connectivity index (χ1n) is 11.9. The Morgan fingerprint density at radius 3 is 1.57 bits per heavy atom. The van der Waals surface area contributed by atoms with Gasteiger partial charge in [-0.25, -0.2) is 0 Å². The molecule has 0 amide bonds. The molecule has 0 spiro atoms. The van der Waals surface area contributed by atoms with E-state index < -0.39 is 0 Å². The van der Waals surface area contributed by atoms with Gasteiger partial charge in [0, 0.05) is 13.0 Å². The van der Waals surface area contributed by atoms with Crippen LogP contribution in [0.15, 0.2) is 17.1 Å². The Bertz CT molecular complexity index is 386. The molecule has 0 unspecified atom stereocenters. The Labute approximate surface area is 196 Å². The molecule has 4 heteroatoms. The van der Waals surface area contributed by atoms with Crippen molar-refractivity contribution < 1.29 is 33.3 Å². The lowest BCUT2D eigenvalue weighted by Crippen LogP contribution is -3.00. The van der Waals surface area contributed by atoms with Crippen molar-refractivity contribution in [2.75, 3.05) is 13.2 Å². The van der Waals surface area contributed by atoms with Gasteiger partial charge in [0.15, 0.2) is 12.7 Å². The number of hydrogen-bond acceptors (Lipinski definition) is 2. The van der Waals surface area contributed by atoms with Gasteiger partial charge in [-0.2, -0.15) is 4.57 Å². The minimum Gasteiger partial charge on any atom is -1.00 e. The van der Waals surface area contributed by atoms with Crippen LogP contribution in [0.25, 0.3) is 0 Å². The van der Waals surface area contributed by atoms with Gasteiger partial charge in [0.05, 0.1) is 12.0 Å². The fourth-order valence-electron chi connectivity index (χ4n) is 3.59. The van der Waals surface area contributed by atoms with Gasteiger partial charge in [0.2, 0.25) is 5.51 Å². The summed E-state index contributed by atoms with van der Waals surface area (Å²) < 4.78 is 7.98. The number of ether oxygens (including phenoxy) is 1. The topological polar surface area (TPSA) is 13.1 Å². The number of thiazole rings is 1. The lowest BCUT2D eigenvalue weighted by molar-refractivity contribution is -0.692. The monoisotopic (exact) mass is 523 g/mol. The van der Waals surface area contributed by atoms with E-state index >= 15 is 0 Å². The number of halogens is 1. The summed E-state index contributed by atoms with van der Waals surface area (Å²) in [5.41, 5.74) is 2.16. The molecule has 0 bridgehead atoms. The molecule has 1 rings (SSSR count). The Hall–Kier alpha value is 0.320. The predicted molar refractivity (Wildman–Crippen MR) is 119 cm³/mol. The van der Waals surface area contributed by atoms with Crippen LogP contribution in [0.2, 0.25) is 0 Å². The maximum atomic E-state index is 5.74. The molecule has 0 saturated carbocycles. The van der Waals surface area contributed by atoms with E-state index in [9.17, 15) is 0 Å². The highest BCUT2D eigenvalue weighted by Crippen LogP contribution is 2.13. The summed E-state index contributed by atoms with van der Waals surface area (Å²) in [6.45, 7) is 5.24. The molecule has 0 aromatic carbocycles. The van der Waals surface area contributed by atoms with Crippen LogP contribution in [0.1, 0.15) is 116 Å². The Morgan fingerprint density at radius 1 is 0.643 bits per heavy atom. The van der Waals surface area contributed by atoms with E-state index in [2.05, 4.69) is 28.6 Å². The smallest absolute Gasteiger partial charge is 0.224 e. The van der Waals surface area contributed by atoms with Gasteiger partial charge in [0.25, 0.3) is 0 Å². The third-order valence-corrected chi connectivity index (χ3v) is 6.05. The van der Waals surface area contributed by atoms with Crippen molar-refractivity contribution in [2.24, 2.45) is 0 Å². The molecule has 1 heterocycles. The molecule has 0 saturated heterocycles. The van der Waals surface area contributed by atoms with E-state index in [1.54, 1.807) is 11.3 Å². The molecule has 2 nitrogen and oxygen atoms in total. The standard InChI is InChI=1S/C24H46NOS.HI/c1-2-3-4-5-6-7-8-9-10-11-12-13-14-15-16-17-21-26-22-18-19-25-20-23-27-24-25;/h20,23-24H,2-19,21-22H2,1H3;1H/q+1;/p-1. The number of aromatic nitrogens is 1. The maximum Gasteiger partial charge on any atom is 0.224 e. The van der Waals surface area contributed by atoms with E-state index in [-0.39, 0.29) is 24.0 Å². The number of unbranched alkanes of at least 4 members (excludes halogenated alkanes) is 15. The van der Waals surface area contributed by atoms with Gasteiger partial charge in [-0.3, -0.25) is 0 Å². The normalized spacial score (nSPS) is 10.9. The Balaban J connectivity index is 0.00000729. The van der Waals surface area contributed by atoms with Crippen LogP contribution in [-0.2, 0) is 11.3 Å². The van der Waals surface area contributed by atoms with E-state index in [0.717, 1.165) is 26.2 Å². The molecule has 1 aromatic rings. The van der Waals surface area contributed by atoms with E-state index in [1.807, 2.05) is 0 Å². The summed E-state index contributed by atoms with van der Waals surface area (Å²) in [6, 6.07) is 0. The molecule has 28 heavy (non-hydrogen) atoms. The van der Waals surface area contributed by atoms with Gasteiger partial charge in [-0.1, -0.05) is 115 Å².